The van der Waals surface area contributed by atoms with Gasteiger partial charge in [0.1, 0.15) is 13.2 Å². The highest BCUT2D eigenvalue weighted by Gasteiger charge is 2.48. The van der Waals surface area contributed by atoms with E-state index in [-0.39, 0.29) is 5.56 Å². The average Bonchev–Trinajstić information content (AvgIpc) is 2.75. The zero-order valence-electron chi connectivity index (χ0n) is 21.1. The van der Waals surface area contributed by atoms with Gasteiger partial charge in [-0.2, -0.15) is 8.78 Å². The Bertz CT molecular complexity index is 911. The molecule has 34 heavy (non-hydrogen) atoms. The van der Waals surface area contributed by atoms with E-state index >= 15 is 0 Å². The minimum atomic E-state index is -6.17. The van der Waals surface area contributed by atoms with Gasteiger partial charge in [0.15, 0.2) is 10.1 Å². The molecule has 9 nitrogen and oxygen atoms in total. The lowest BCUT2D eigenvalue weighted by Crippen LogP contribution is -2.64. The standard InChI is InChI=1S/C12H28N.C10H9F2NO7S/c1-9-13(8,10-2)12(6,7)11(3,4)5;11-10(12,21(16,17)18)9(15)20-6-5-19-8(14)7-1-3-13-4-2-7/h9-10H2,1-8H3;1-4H,5-6H2,(H,16,17,18)/q+1;/p-1. The van der Waals surface area contributed by atoms with Gasteiger partial charge in [-0.15, -0.1) is 0 Å². The van der Waals surface area contributed by atoms with E-state index in [0.717, 1.165) is 4.48 Å². The van der Waals surface area contributed by atoms with Gasteiger partial charge in [0.2, 0.25) is 0 Å². The topological polar surface area (TPSA) is 123 Å². The van der Waals surface area contributed by atoms with Gasteiger partial charge in [-0.25, -0.2) is 18.0 Å². The number of ether oxygens (including phenoxy) is 2. The van der Waals surface area contributed by atoms with Gasteiger partial charge in [0.05, 0.1) is 31.2 Å². The molecule has 1 heterocycles. The molecule has 1 rings (SSSR count). The number of hydrogen-bond acceptors (Lipinski definition) is 8. The zero-order valence-corrected chi connectivity index (χ0v) is 21.9. The van der Waals surface area contributed by atoms with Crippen LogP contribution in [-0.2, 0) is 24.4 Å². The maximum atomic E-state index is 12.7. The summed E-state index contributed by atoms with van der Waals surface area (Å²) in [5, 5.41) is -5.19. The van der Waals surface area contributed by atoms with E-state index in [1.54, 1.807) is 0 Å². The Balaban J connectivity index is 0.000000722. The molecule has 0 unspecified atom stereocenters. The maximum absolute atomic E-state index is 12.7. The second-order valence-electron chi connectivity index (χ2n) is 9.32. The molecule has 0 atom stereocenters. The molecule has 12 heteroatoms. The predicted molar refractivity (Wildman–Crippen MR) is 121 cm³/mol. The van der Waals surface area contributed by atoms with Crippen LogP contribution in [0.2, 0.25) is 0 Å². The van der Waals surface area contributed by atoms with Crippen LogP contribution in [0.3, 0.4) is 0 Å². The van der Waals surface area contributed by atoms with Crippen molar-refractivity contribution < 1.29 is 45.3 Å². The normalized spacial score (nSPS) is 12.9. The number of rotatable bonds is 9. The van der Waals surface area contributed by atoms with Crippen LogP contribution in [0, 0.1) is 5.41 Å². The van der Waals surface area contributed by atoms with Crippen molar-refractivity contribution in [2.75, 3.05) is 33.4 Å². The van der Waals surface area contributed by atoms with E-state index in [9.17, 15) is 31.3 Å². The van der Waals surface area contributed by atoms with Crippen LogP contribution in [0.5, 0.6) is 0 Å². The molecule has 0 radical (unpaired) electrons. The minimum Gasteiger partial charge on any atom is -0.743 e. The molecular weight excluding hydrogens is 474 g/mol. The van der Waals surface area contributed by atoms with Crippen molar-refractivity contribution >= 4 is 22.1 Å². The van der Waals surface area contributed by atoms with E-state index in [1.807, 2.05) is 0 Å². The molecule has 1 aromatic rings. The number of carbonyl (C=O) groups is 2. The molecule has 0 spiro atoms. The van der Waals surface area contributed by atoms with Crippen molar-refractivity contribution in [1.29, 1.82) is 0 Å². The average molecular weight is 511 g/mol. The lowest BCUT2D eigenvalue weighted by atomic mass is 9.73. The maximum Gasteiger partial charge on any atom is 0.428 e. The number of carbonyl (C=O) groups excluding carboxylic acids is 2. The van der Waals surface area contributed by atoms with Gasteiger partial charge in [0.25, 0.3) is 0 Å². The molecule has 0 N–H and O–H groups in total. The summed E-state index contributed by atoms with van der Waals surface area (Å²) in [6.45, 7) is 17.4. The van der Waals surface area contributed by atoms with Gasteiger partial charge in [-0.3, -0.25) is 4.98 Å². The Kier molecular flexibility index (Phi) is 11.2. The third kappa shape index (κ3) is 7.95. The second kappa shape index (κ2) is 12.0. The van der Waals surface area contributed by atoms with E-state index in [0.29, 0.717) is 11.0 Å². The van der Waals surface area contributed by atoms with Crippen LogP contribution in [-0.4, -0.2) is 78.5 Å². The molecule has 1 aromatic heterocycles. The number of halogens is 2. The van der Waals surface area contributed by atoms with Crippen molar-refractivity contribution in [3.8, 4) is 0 Å². The number of esters is 2. The fourth-order valence-electron chi connectivity index (χ4n) is 2.85. The van der Waals surface area contributed by atoms with Crippen LogP contribution in [0.15, 0.2) is 24.5 Å². The summed E-state index contributed by atoms with van der Waals surface area (Å²) < 4.78 is 65.3. The van der Waals surface area contributed by atoms with Crippen LogP contribution < -0.4 is 0 Å². The molecule has 0 aromatic carbocycles. The molecule has 0 aliphatic carbocycles. The van der Waals surface area contributed by atoms with Gasteiger partial charge >= 0.3 is 17.2 Å². The van der Waals surface area contributed by atoms with Crippen molar-refractivity contribution in [3.05, 3.63) is 30.1 Å². The Morgan fingerprint density at radius 3 is 1.79 bits per heavy atom. The first kappa shape index (κ1) is 31.8. The van der Waals surface area contributed by atoms with Crippen molar-refractivity contribution in [2.24, 2.45) is 5.41 Å². The number of nitrogens with zero attached hydrogens (tertiary/aromatic N) is 2. The smallest absolute Gasteiger partial charge is 0.428 e. The van der Waals surface area contributed by atoms with Gasteiger partial charge in [-0.1, -0.05) is 20.8 Å². The fraction of sp³-hybridized carbons (Fsp3) is 0.682. The summed E-state index contributed by atoms with van der Waals surface area (Å²) in [6.07, 6.45) is 2.63. The predicted octanol–water partition coefficient (Wildman–Crippen LogP) is 3.22. The molecule has 0 saturated heterocycles. The Morgan fingerprint density at radius 2 is 1.44 bits per heavy atom. The third-order valence-electron chi connectivity index (χ3n) is 6.60. The molecule has 0 aliphatic heterocycles. The number of hydrogen-bond donors (Lipinski definition) is 0. The summed E-state index contributed by atoms with van der Waals surface area (Å²) in [7, 11) is -3.80. The lowest BCUT2D eigenvalue weighted by Gasteiger charge is -2.53. The van der Waals surface area contributed by atoms with Crippen LogP contribution in [0.1, 0.15) is 58.8 Å². The summed E-state index contributed by atoms with van der Waals surface area (Å²) in [5.41, 5.74) is 0.813. The Morgan fingerprint density at radius 1 is 1.00 bits per heavy atom. The van der Waals surface area contributed by atoms with E-state index in [4.69, 9.17) is 0 Å². The zero-order chi connectivity index (χ0) is 27.0. The molecule has 0 amide bonds. The number of aromatic nitrogens is 1. The van der Waals surface area contributed by atoms with Crippen molar-refractivity contribution in [1.82, 2.24) is 4.98 Å². The van der Waals surface area contributed by atoms with Gasteiger partial charge in [0, 0.05) is 17.8 Å². The summed E-state index contributed by atoms with van der Waals surface area (Å²) in [5.74, 6) is -3.35. The highest BCUT2D eigenvalue weighted by Crippen LogP contribution is 2.38. The molecule has 0 aliphatic rings. The number of quaternary nitrogens is 1. The monoisotopic (exact) mass is 510 g/mol. The Labute approximate surface area is 200 Å². The van der Waals surface area contributed by atoms with Gasteiger partial charge < -0.3 is 18.5 Å². The second-order valence-corrected chi connectivity index (χ2v) is 10.7. The summed E-state index contributed by atoms with van der Waals surface area (Å²) in [4.78, 5) is 25.7. The molecule has 196 valence electrons. The van der Waals surface area contributed by atoms with Gasteiger partial charge in [-0.05, 0) is 39.8 Å². The minimum absolute atomic E-state index is 0.129. The summed E-state index contributed by atoms with van der Waals surface area (Å²) >= 11 is 0. The molecule has 0 saturated carbocycles. The SMILES string of the molecule is CC[N+](C)(CC)C(C)(C)C(C)(C)C.O=C(OCCOC(=O)C(F)(F)S(=O)(=O)[O-])c1ccncc1. The van der Waals surface area contributed by atoms with E-state index in [1.165, 1.54) is 37.6 Å². The summed E-state index contributed by atoms with van der Waals surface area (Å²) in [6, 6.07) is 2.65. The third-order valence-corrected chi connectivity index (χ3v) is 7.39. The number of pyridine rings is 1. The number of alkyl halides is 2. The quantitative estimate of drug-likeness (QED) is 0.215. The van der Waals surface area contributed by atoms with Crippen LogP contribution in [0.4, 0.5) is 8.78 Å². The van der Waals surface area contributed by atoms with Crippen LogP contribution >= 0.6 is 0 Å². The van der Waals surface area contributed by atoms with Crippen LogP contribution in [0.25, 0.3) is 0 Å². The highest BCUT2D eigenvalue weighted by atomic mass is 32.2. The highest BCUT2D eigenvalue weighted by molar-refractivity contribution is 7.87. The largest absolute Gasteiger partial charge is 0.743 e. The van der Waals surface area contributed by atoms with E-state index in [2.05, 4.69) is 70.0 Å². The molecular formula is C22H36F2N2O7S. The first-order chi connectivity index (χ1) is 15.3. The lowest BCUT2D eigenvalue weighted by molar-refractivity contribution is -0.960. The fourth-order valence-corrected chi connectivity index (χ4v) is 3.11. The first-order valence-electron chi connectivity index (χ1n) is 10.7. The Hall–Kier alpha value is -2.18. The van der Waals surface area contributed by atoms with Crippen molar-refractivity contribution in [2.45, 2.75) is 59.3 Å². The van der Waals surface area contributed by atoms with E-state index < -0.39 is 40.5 Å². The first-order valence-corrected chi connectivity index (χ1v) is 12.1. The van der Waals surface area contributed by atoms with Crippen molar-refractivity contribution in [3.63, 3.8) is 0 Å². The molecule has 0 fully saturated rings. The molecule has 0 bridgehead atoms.